The maximum absolute atomic E-state index is 7.34. The van der Waals surface area contributed by atoms with Gasteiger partial charge < -0.3 is 45.5 Å². The molecule has 8 nitrogen and oxygen atoms in total. The number of nitrogen functional groups attached to an aromatic ring is 7. The largest absolute Gasteiger partial charge is 0.396 e. The lowest BCUT2D eigenvalue weighted by Gasteiger charge is -2.21. The molecule has 8 aromatic rings. The SMILES string of the molecule is CCCCCCCCCCCCCCCCCCNc1c(N)c(N)c(N)c2c1c1ccccc1c1ccccc1c1ccccc1c1ccccc1c1ccccc1c1c(N)c(N)c(N)c(N)c12. The number of anilines is 8. The third-order valence-electron chi connectivity index (χ3n) is 14.2. The van der Waals surface area contributed by atoms with Gasteiger partial charge in [0.2, 0.25) is 0 Å². The first kappa shape index (κ1) is 47.4. The van der Waals surface area contributed by atoms with Crippen molar-refractivity contribution in [1.29, 1.82) is 0 Å². The molecule has 0 saturated heterocycles. The van der Waals surface area contributed by atoms with E-state index in [1.807, 2.05) is 18.2 Å². The van der Waals surface area contributed by atoms with Gasteiger partial charge in [0.05, 0.1) is 45.5 Å². The summed E-state index contributed by atoms with van der Waals surface area (Å²) in [5.74, 6) is 0. The number of hydrogen-bond donors (Lipinski definition) is 8. The third kappa shape index (κ3) is 9.68. The fourth-order valence-corrected chi connectivity index (χ4v) is 10.5. The summed E-state index contributed by atoms with van der Waals surface area (Å²) in [5.41, 5.74) is 52.2. The minimum Gasteiger partial charge on any atom is -0.396 e. The van der Waals surface area contributed by atoms with E-state index in [0.717, 1.165) is 72.1 Å². The fourth-order valence-electron chi connectivity index (χ4n) is 10.5. The first-order valence-electron chi connectivity index (χ1n) is 25.2. The van der Waals surface area contributed by atoms with Crippen molar-refractivity contribution in [2.45, 2.75) is 110 Å². The molecule has 68 heavy (non-hydrogen) atoms. The van der Waals surface area contributed by atoms with Crippen LogP contribution in [0.25, 0.3) is 75.4 Å². The van der Waals surface area contributed by atoms with Crippen LogP contribution in [0.5, 0.6) is 0 Å². The van der Waals surface area contributed by atoms with Gasteiger partial charge in [-0.3, -0.25) is 0 Å². The first-order chi connectivity index (χ1) is 33.2. The van der Waals surface area contributed by atoms with Crippen molar-refractivity contribution in [3.63, 3.8) is 0 Å². The molecule has 8 heteroatoms. The van der Waals surface area contributed by atoms with Crippen molar-refractivity contribution >= 4 is 121 Å². The first-order valence-corrected chi connectivity index (χ1v) is 25.2. The zero-order valence-electron chi connectivity index (χ0n) is 40.1. The Balaban J connectivity index is 1.31. The molecule has 0 spiro atoms. The monoisotopic (exact) mass is 905 g/mol. The molecule has 0 aliphatic heterocycles. The van der Waals surface area contributed by atoms with Crippen LogP contribution in [0.3, 0.4) is 0 Å². The van der Waals surface area contributed by atoms with Gasteiger partial charge in [0.1, 0.15) is 0 Å². The average molecular weight is 905 g/mol. The van der Waals surface area contributed by atoms with Crippen LogP contribution in [-0.2, 0) is 0 Å². The Bertz CT molecular complexity index is 3250. The molecule has 0 amide bonds. The molecule has 8 aromatic carbocycles. The number of fused-ring (bicyclic) bond motifs is 14. The van der Waals surface area contributed by atoms with E-state index in [2.05, 4.69) is 115 Å². The third-order valence-corrected chi connectivity index (χ3v) is 14.2. The molecule has 0 saturated carbocycles. The van der Waals surface area contributed by atoms with Gasteiger partial charge in [-0.15, -0.1) is 0 Å². The highest BCUT2D eigenvalue weighted by Crippen LogP contribution is 2.50. The molecule has 0 unspecified atom stereocenters. The summed E-state index contributed by atoms with van der Waals surface area (Å²) in [6, 6.07) is 42.3. The van der Waals surface area contributed by atoms with Gasteiger partial charge in [0.25, 0.3) is 0 Å². The van der Waals surface area contributed by atoms with E-state index in [4.69, 9.17) is 40.1 Å². The van der Waals surface area contributed by atoms with Gasteiger partial charge in [-0.2, -0.15) is 0 Å². The Labute approximate surface area is 402 Å². The standard InChI is InChI=1S/C60H72N8/c1-2-3-4-5-6-7-8-9-10-11-12-13-14-15-16-27-38-68-60-50-48-37-26-24-35-46(48)44-33-22-20-31-42(44)40-29-18-17-28-39(40)41-30-19-21-32-43(41)45-34-23-25-36-47(45)49-51(52(50)55(63)58(66)59(60)67)54(62)57(65)56(64)53(49)61/h17-26,28-37,68H,2-16,27,38,61-67H2,1H3. The van der Waals surface area contributed by atoms with Gasteiger partial charge in [-0.25, -0.2) is 0 Å². The number of unbranched alkanes of at least 4 members (excludes halogenated alkanes) is 15. The summed E-state index contributed by atoms with van der Waals surface area (Å²) < 4.78 is 0. The molecule has 0 aliphatic rings. The van der Waals surface area contributed by atoms with Crippen molar-refractivity contribution in [1.82, 2.24) is 0 Å². The zero-order chi connectivity index (χ0) is 47.6. The van der Waals surface area contributed by atoms with E-state index in [1.165, 1.54) is 89.9 Å². The van der Waals surface area contributed by atoms with E-state index >= 15 is 0 Å². The Morgan fingerprint density at radius 3 is 0.868 bits per heavy atom. The highest BCUT2D eigenvalue weighted by atomic mass is 14.9. The smallest absolute Gasteiger partial charge is 0.0811 e. The van der Waals surface area contributed by atoms with Crippen molar-refractivity contribution in [3.05, 3.63) is 121 Å². The summed E-state index contributed by atoms with van der Waals surface area (Å²) >= 11 is 0. The predicted molar refractivity (Wildman–Crippen MR) is 303 cm³/mol. The lowest BCUT2D eigenvalue weighted by molar-refractivity contribution is 0.530. The van der Waals surface area contributed by atoms with Crippen LogP contribution in [0.2, 0.25) is 0 Å². The Hall–Kier alpha value is -7.06. The van der Waals surface area contributed by atoms with E-state index in [9.17, 15) is 0 Å². The van der Waals surface area contributed by atoms with Crippen molar-refractivity contribution in [2.75, 3.05) is 52.0 Å². The van der Waals surface area contributed by atoms with E-state index in [0.29, 0.717) is 39.8 Å². The second kappa shape index (κ2) is 22.2. The van der Waals surface area contributed by atoms with Crippen LogP contribution >= 0.6 is 0 Å². The van der Waals surface area contributed by atoms with Gasteiger partial charge in [-0.05, 0) is 60.3 Å². The quantitative estimate of drug-likeness (QED) is 0.0308. The minimum absolute atomic E-state index is 0.177. The molecule has 0 aromatic heterocycles. The molecule has 352 valence electrons. The molecule has 0 bridgehead atoms. The molecular weight excluding hydrogens is 833 g/mol. The summed E-state index contributed by atoms with van der Waals surface area (Å²) in [5, 5.41) is 16.3. The molecule has 0 aliphatic carbocycles. The van der Waals surface area contributed by atoms with Crippen molar-refractivity contribution < 1.29 is 0 Å². The second-order valence-electron chi connectivity index (χ2n) is 18.7. The van der Waals surface area contributed by atoms with E-state index in [-0.39, 0.29) is 28.4 Å². The number of benzene rings is 7. The predicted octanol–water partition coefficient (Wildman–Crippen LogP) is 15.8. The van der Waals surface area contributed by atoms with E-state index in [1.54, 1.807) is 0 Å². The molecule has 0 radical (unpaired) electrons. The Morgan fingerprint density at radius 1 is 0.265 bits per heavy atom. The van der Waals surface area contributed by atoms with Crippen LogP contribution in [-0.4, -0.2) is 6.54 Å². The summed E-state index contributed by atoms with van der Waals surface area (Å²) in [6.07, 6.45) is 20.9. The molecule has 0 atom stereocenters. The highest BCUT2D eigenvalue weighted by molar-refractivity contribution is 6.36. The number of nitrogens with one attached hydrogen (secondary N) is 1. The van der Waals surface area contributed by atoms with Crippen LogP contribution in [0, 0.1) is 0 Å². The molecule has 0 heterocycles. The van der Waals surface area contributed by atoms with E-state index < -0.39 is 0 Å². The fraction of sp³-hybridized carbons (Fsp3) is 0.300. The summed E-state index contributed by atoms with van der Waals surface area (Å²) in [7, 11) is 0. The zero-order valence-corrected chi connectivity index (χ0v) is 40.1. The minimum atomic E-state index is 0.177. The van der Waals surface area contributed by atoms with Crippen LogP contribution in [0.1, 0.15) is 110 Å². The van der Waals surface area contributed by atoms with Crippen LogP contribution < -0.4 is 45.5 Å². The van der Waals surface area contributed by atoms with Crippen LogP contribution in [0.15, 0.2) is 121 Å². The van der Waals surface area contributed by atoms with Gasteiger partial charge >= 0.3 is 0 Å². The van der Waals surface area contributed by atoms with Gasteiger partial charge in [-0.1, -0.05) is 225 Å². The van der Waals surface area contributed by atoms with Crippen molar-refractivity contribution in [3.8, 4) is 0 Å². The number of rotatable bonds is 18. The lowest BCUT2D eigenvalue weighted by Crippen LogP contribution is -2.10. The number of nitrogens with two attached hydrogens (primary N) is 7. The normalized spacial score (nSPS) is 11.5. The lowest BCUT2D eigenvalue weighted by atomic mass is 9.91. The average Bonchev–Trinajstić information content (AvgIpc) is 3.37. The van der Waals surface area contributed by atoms with Crippen LogP contribution in [0.4, 0.5) is 45.5 Å². The van der Waals surface area contributed by atoms with Gasteiger partial charge in [0, 0.05) is 28.1 Å². The summed E-state index contributed by atoms with van der Waals surface area (Å²) in [4.78, 5) is 0. The molecular formula is C60H72N8. The highest BCUT2D eigenvalue weighted by Gasteiger charge is 2.22. The second-order valence-corrected chi connectivity index (χ2v) is 18.7. The molecule has 0 fully saturated rings. The molecule has 15 N–H and O–H groups in total. The van der Waals surface area contributed by atoms with Gasteiger partial charge in [0.15, 0.2) is 0 Å². The Kier molecular flexibility index (Phi) is 15.5. The topological polar surface area (TPSA) is 194 Å². The Morgan fingerprint density at radius 2 is 0.515 bits per heavy atom. The number of hydrogen-bond acceptors (Lipinski definition) is 8. The maximum atomic E-state index is 7.34. The summed E-state index contributed by atoms with van der Waals surface area (Å²) in [6.45, 7) is 2.96. The van der Waals surface area contributed by atoms with Crippen molar-refractivity contribution in [2.24, 2.45) is 0 Å². The maximum Gasteiger partial charge on any atom is 0.0811 e. The molecule has 8 rings (SSSR count).